The van der Waals surface area contributed by atoms with Crippen molar-refractivity contribution in [2.45, 2.75) is 13.5 Å². The Kier molecular flexibility index (Phi) is 5.04. The van der Waals surface area contributed by atoms with Crippen molar-refractivity contribution in [2.24, 2.45) is 0 Å². The molecule has 0 N–H and O–H groups in total. The first-order chi connectivity index (χ1) is 12.1. The third-order valence-electron chi connectivity index (χ3n) is 3.76. The van der Waals surface area contributed by atoms with Crippen LogP contribution < -0.4 is 0 Å². The van der Waals surface area contributed by atoms with Gasteiger partial charge in [0.25, 0.3) is 5.91 Å². The number of benzene rings is 1. The standard InChI is InChI=1S/C17H15ClFN5O/c1-2-23(9-13-14(18)4-3-5-15(13)19)17(25)12-6-7-20-16(8-12)24-10-21-22-11-24/h3-8,10-11H,2,9H2,1H3. The highest BCUT2D eigenvalue weighted by atomic mass is 35.5. The van der Waals surface area contributed by atoms with Gasteiger partial charge in [-0.3, -0.25) is 9.36 Å². The topological polar surface area (TPSA) is 63.9 Å². The number of amides is 1. The van der Waals surface area contributed by atoms with Crippen LogP contribution in [0.4, 0.5) is 4.39 Å². The molecule has 1 aromatic carbocycles. The molecule has 25 heavy (non-hydrogen) atoms. The number of hydrogen-bond acceptors (Lipinski definition) is 4. The Morgan fingerprint density at radius 2 is 2.04 bits per heavy atom. The van der Waals surface area contributed by atoms with E-state index in [9.17, 15) is 9.18 Å². The highest BCUT2D eigenvalue weighted by Gasteiger charge is 2.18. The molecule has 0 aliphatic rings. The third kappa shape index (κ3) is 3.66. The number of carbonyl (C=O) groups excluding carboxylic acids is 1. The Hall–Kier alpha value is -2.80. The number of hydrogen-bond donors (Lipinski definition) is 0. The van der Waals surface area contributed by atoms with E-state index in [1.807, 2.05) is 6.92 Å². The van der Waals surface area contributed by atoms with Crippen LogP contribution in [-0.4, -0.2) is 37.1 Å². The van der Waals surface area contributed by atoms with Gasteiger partial charge in [-0.25, -0.2) is 9.37 Å². The van der Waals surface area contributed by atoms with E-state index >= 15 is 0 Å². The fraction of sp³-hybridized carbons (Fsp3) is 0.176. The molecule has 0 fully saturated rings. The summed E-state index contributed by atoms with van der Waals surface area (Å²) in [7, 11) is 0. The average Bonchev–Trinajstić information content (AvgIpc) is 3.16. The van der Waals surface area contributed by atoms with E-state index in [2.05, 4.69) is 15.2 Å². The number of carbonyl (C=O) groups is 1. The molecule has 3 aromatic rings. The molecule has 128 valence electrons. The minimum atomic E-state index is -0.432. The van der Waals surface area contributed by atoms with Crippen molar-refractivity contribution in [3.8, 4) is 5.82 Å². The molecule has 0 atom stereocenters. The van der Waals surface area contributed by atoms with Gasteiger partial charge in [-0.1, -0.05) is 17.7 Å². The van der Waals surface area contributed by atoms with Crippen LogP contribution >= 0.6 is 11.6 Å². The van der Waals surface area contributed by atoms with E-state index in [1.165, 1.54) is 35.9 Å². The zero-order chi connectivity index (χ0) is 17.8. The molecule has 1 amide bonds. The van der Waals surface area contributed by atoms with Crippen LogP contribution in [0.2, 0.25) is 5.02 Å². The lowest BCUT2D eigenvalue weighted by atomic mass is 10.1. The SMILES string of the molecule is CCN(Cc1c(F)cccc1Cl)C(=O)c1ccnc(-n2cnnc2)c1. The van der Waals surface area contributed by atoms with Crippen molar-refractivity contribution >= 4 is 17.5 Å². The summed E-state index contributed by atoms with van der Waals surface area (Å²) >= 11 is 6.07. The zero-order valence-corrected chi connectivity index (χ0v) is 14.2. The molecule has 0 spiro atoms. The minimum Gasteiger partial charge on any atom is -0.334 e. The molecule has 0 aliphatic carbocycles. The fourth-order valence-electron chi connectivity index (χ4n) is 2.40. The van der Waals surface area contributed by atoms with E-state index < -0.39 is 5.82 Å². The maximum Gasteiger partial charge on any atom is 0.254 e. The highest BCUT2D eigenvalue weighted by Crippen LogP contribution is 2.21. The smallest absolute Gasteiger partial charge is 0.254 e. The maximum atomic E-state index is 14.0. The molecule has 0 saturated carbocycles. The normalized spacial score (nSPS) is 10.7. The molecule has 0 bridgehead atoms. The van der Waals surface area contributed by atoms with Gasteiger partial charge in [0.1, 0.15) is 24.3 Å². The predicted octanol–water partition coefficient (Wildman–Crippen LogP) is 3.12. The quantitative estimate of drug-likeness (QED) is 0.702. The van der Waals surface area contributed by atoms with Crippen LogP contribution in [0.5, 0.6) is 0 Å². The average molecular weight is 360 g/mol. The third-order valence-corrected chi connectivity index (χ3v) is 4.11. The van der Waals surface area contributed by atoms with E-state index in [0.29, 0.717) is 28.5 Å². The zero-order valence-electron chi connectivity index (χ0n) is 13.4. The monoisotopic (exact) mass is 359 g/mol. The van der Waals surface area contributed by atoms with Crippen LogP contribution in [0.15, 0.2) is 49.2 Å². The van der Waals surface area contributed by atoms with Gasteiger partial charge in [0.15, 0.2) is 0 Å². The summed E-state index contributed by atoms with van der Waals surface area (Å²) in [4.78, 5) is 18.5. The largest absolute Gasteiger partial charge is 0.334 e. The molecule has 0 unspecified atom stereocenters. The van der Waals surface area contributed by atoms with E-state index in [-0.39, 0.29) is 12.5 Å². The Bertz CT molecular complexity index is 864. The Morgan fingerprint density at radius 1 is 1.28 bits per heavy atom. The molecule has 2 aromatic heterocycles. The predicted molar refractivity (Wildman–Crippen MR) is 91.0 cm³/mol. The molecular weight excluding hydrogens is 345 g/mol. The summed E-state index contributed by atoms with van der Waals surface area (Å²) in [6.07, 6.45) is 4.52. The molecule has 6 nitrogen and oxygen atoms in total. The number of nitrogens with zero attached hydrogens (tertiary/aromatic N) is 5. The highest BCUT2D eigenvalue weighted by molar-refractivity contribution is 6.31. The van der Waals surface area contributed by atoms with Gasteiger partial charge in [-0.2, -0.15) is 0 Å². The fourth-order valence-corrected chi connectivity index (χ4v) is 2.62. The first kappa shape index (κ1) is 17.0. The number of aromatic nitrogens is 4. The van der Waals surface area contributed by atoms with Crippen molar-refractivity contribution < 1.29 is 9.18 Å². The maximum absolute atomic E-state index is 14.0. The van der Waals surface area contributed by atoms with Gasteiger partial charge in [0, 0.05) is 28.9 Å². The summed E-state index contributed by atoms with van der Waals surface area (Å²) < 4.78 is 15.6. The summed E-state index contributed by atoms with van der Waals surface area (Å²) in [6.45, 7) is 2.33. The minimum absolute atomic E-state index is 0.0884. The molecule has 2 heterocycles. The van der Waals surface area contributed by atoms with Gasteiger partial charge in [-0.15, -0.1) is 10.2 Å². The van der Waals surface area contributed by atoms with Crippen LogP contribution in [-0.2, 0) is 6.54 Å². The number of pyridine rings is 1. The Labute approximate surface area is 148 Å². The lowest BCUT2D eigenvalue weighted by Gasteiger charge is -2.22. The number of rotatable bonds is 5. The summed E-state index contributed by atoms with van der Waals surface area (Å²) in [5, 5.41) is 7.74. The Morgan fingerprint density at radius 3 is 2.72 bits per heavy atom. The second kappa shape index (κ2) is 7.40. The molecule has 0 radical (unpaired) electrons. The van der Waals surface area contributed by atoms with Crippen molar-refractivity contribution in [1.82, 2.24) is 24.6 Å². The van der Waals surface area contributed by atoms with Crippen molar-refractivity contribution in [3.05, 3.63) is 71.2 Å². The molecule has 8 heteroatoms. The van der Waals surface area contributed by atoms with Crippen molar-refractivity contribution in [1.29, 1.82) is 0 Å². The molecule has 0 aliphatic heterocycles. The van der Waals surface area contributed by atoms with Crippen molar-refractivity contribution in [2.75, 3.05) is 6.54 Å². The van der Waals surface area contributed by atoms with E-state index in [0.717, 1.165) is 0 Å². The van der Waals surface area contributed by atoms with E-state index in [4.69, 9.17) is 11.6 Å². The lowest BCUT2D eigenvalue weighted by molar-refractivity contribution is 0.0751. The van der Waals surface area contributed by atoms with Crippen LogP contribution in [0.1, 0.15) is 22.8 Å². The second-order valence-electron chi connectivity index (χ2n) is 5.29. The van der Waals surface area contributed by atoms with E-state index in [1.54, 1.807) is 22.8 Å². The molecular formula is C17H15ClFN5O. The lowest BCUT2D eigenvalue weighted by Crippen LogP contribution is -2.31. The summed E-state index contributed by atoms with van der Waals surface area (Å²) in [5.41, 5.74) is 0.737. The van der Waals surface area contributed by atoms with Crippen LogP contribution in [0, 0.1) is 5.82 Å². The van der Waals surface area contributed by atoms with Crippen LogP contribution in [0.3, 0.4) is 0 Å². The first-order valence-electron chi connectivity index (χ1n) is 7.63. The van der Waals surface area contributed by atoms with Gasteiger partial charge in [-0.05, 0) is 31.2 Å². The van der Waals surface area contributed by atoms with Crippen molar-refractivity contribution in [3.63, 3.8) is 0 Å². The summed E-state index contributed by atoms with van der Waals surface area (Å²) in [6, 6.07) is 7.72. The van der Waals surface area contributed by atoms with Gasteiger partial charge in [0.05, 0.1) is 6.54 Å². The van der Waals surface area contributed by atoms with Crippen LogP contribution in [0.25, 0.3) is 5.82 Å². The van der Waals surface area contributed by atoms with Gasteiger partial charge >= 0.3 is 0 Å². The molecule has 3 rings (SSSR count). The van der Waals surface area contributed by atoms with Gasteiger partial charge < -0.3 is 4.90 Å². The second-order valence-corrected chi connectivity index (χ2v) is 5.70. The van der Waals surface area contributed by atoms with Gasteiger partial charge in [0.2, 0.25) is 0 Å². The first-order valence-corrected chi connectivity index (χ1v) is 8.01. The number of halogens is 2. The molecule has 0 saturated heterocycles. The summed E-state index contributed by atoms with van der Waals surface area (Å²) in [5.74, 6) is -0.145. The Balaban J connectivity index is 1.87.